The molecule has 0 N–H and O–H groups in total. The molecule has 0 saturated carbocycles. The number of nitrogens with zero attached hydrogens (tertiary/aromatic N) is 2. The molecule has 130 valence electrons. The minimum absolute atomic E-state index is 0.0446. The summed E-state index contributed by atoms with van der Waals surface area (Å²) in [6.45, 7) is 1.35. The van der Waals surface area contributed by atoms with Gasteiger partial charge in [0, 0.05) is 24.7 Å². The molecule has 0 aromatic heterocycles. The number of carbonyl (C=O) groups is 1. The molecular formula is C19H19ClN2O3. The van der Waals surface area contributed by atoms with E-state index in [1.165, 1.54) is 17.7 Å². The molecule has 0 atom stereocenters. The van der Waals surface area contributed by atoms with Crippen molar-refractivity contribution in [3.05, 3.63) is 74.8 Å². The van der Waals surface area contributed by atoms with Crippen LogP contribution in [-0.2, 0) is 6.42 Å². The third-order valence-corrected chi connectivity index (χ3v) is 4.98. The molecule has 1 aliphatic heterocycles. The summed E-state index contributed by atoms with van der Waals surface area (Å²) in [5.41, 5.74) is 1.41. The minimum atomic E-state index is -0.564. The number of halogens is 1. The molecule has 3 rings (SSSR count). The number of hydrogen-bond acceptors (Lipinski definition) is 3. The van der Waals surface area contributed by atoms with E-state index in [0.717, 1.165) is 19.3 Å². The van der Waals surface area contributed by atoms with Crippen LogP contribution in [0.5, 0.6) is 0 Å². The van der Waals surface area contributed by atoms with Crippen molar-refractivity contribution in [3.8, 4) is 0 Å². The van der Waals surface area contributed by atoms with E-state index in [1.807, 2.05) is 18.2 Å². The standard InChI is InChI=1S/C19H19ClN2O3/c20-17-7-6-16(13-18(17)22(24)25)19(23)21-10-8-15(9-11-21)12-14-4-2-1-3-5-14/h1-7,13,15H,8-12H2. The average Bonchev–Trinajstić information content (AvgIpc) is 2.63. The van der Waals surface area contributed by atoms with Gasteiger partial charge in [-0.15, -0.1) is 0 Å². The topological polar surface area (TPSA) is 63.4 Å². The highest BCUT2D eigenvalue weighted by Crippen LogP contribution is 2.27. The van der Waals surface area contributed by atoms with Gasteiger partial charge in [0.05, 0.1) is 4.92 Å². The van der Waals surface area contributed by atoms with Gasteiger partial charge in [-0.05, 0) is 42.9 Å². The van der Waals surface area contributed by atoms with Crippen LogP contribution in [-0.4, -0.2) is 28.8 Å². The van der Waals surface area contributed by atoms with Crippen LogP contribution in [0.1, 0.15) is 28.8 Å². The van der Waals surface area contributed by atoms with Gasteiger partial charge in [0.25, 0.3) is 11.6 Å². The zero-order valence-electron chi connectivity index (χ0n) is 13.7. The second-order valence-electron chi connectivity index (χ2n) is 6.35. The molecule has 5 nitrogen and oxygen atoms in total. The summed E-state index contributed by atoms with van der Waals surface area (Å²) >= 11 is 5.81. The third-order valence-electron chi connectivity index (χ3n) is 4.66. The van der Waals surface area contributed by atoms with Crippen molar-refractivity contribution in [2.75, 3.05) is 13.1 Å². The number of nitro groups is 1. The highest BCUT2D eigenvalue weighted by atomic mass is 35.5. The molecule has 2 aromatic rings. The maximum Gasteiger partial charge on any atom is 0.288 e. The molecular weight excluding hydrogens is 340 g/mol. The van der Waals surface area contributed by atoms with Crippen LogP contribution in [0.4, 0.5) is 5.69 Å². The number of piperidine rings is 1. The van der Waals surface area contributed by atoms with E-state index in [0.29, 0.717) is 24.6 Å². The van der Waals surface area contributed by atoms with Crippen molar-refractivity contribution < 1.29 is 9.72 Å². The monoisotopic (exact) mass is 358 g/mol. The number of hydrogen-bond donors (Lipinski definition) is 0. The number of carbonyl (C=O) groups excluding carboxylic acids is 1. The zero-order valence-corrected chi connectivity index (χ0v) is 14.5. The van der Waals surface area contributed by atoms with Gasteiger partial charge < -0.3 is 4.90 Å². The Balaban J connectivity index is 1.62. The predicted octanol–water partition coefficient (Wildman–Crippen LogP) is 4.34. The maximum atomic E-state index is 12.6. The minimum Gasteiger partial charge on any atom is -0.339 e. The summed E-state index contributed by atoms with van der Waals surface area (Å²) < 4.78 is 0. The molecule has 0 bridgehead atoms. The van der Waals surface area contributed by atoms with Gasteiger partial charge in [-0.1, -0.05) is 41.9 Å². The predicted molar refractivity (Wildman–Crippen MR) is 96.9 cm³/mol. The first-order valence-electron chi connectivity index (χ1n) is 8.31. The Morgan fingerprint density at radius 3 is 2.48 bits per heavy atom. The maximum absolute atomic E-state index is 12.6. The van der Waals surface area contributed by atoms with Crippen LogP contribution in [0, 0.1) is 16.0 Å². The average molecular weight is 359 g/mol. The lowest BCUT2D eigenvalue weighted by atomic mass is 9.90. The summed E-state index contributed by atoms with van der Waals surface area (Å²) in [5.74, 6) is 0.393. The Hall–Kier alpha value is -2.40. The molecule has 0 unspecified atom stereocenters. The SMILES string of the molecule is O=C(c1ccc(Cl)c([N+](=O)[O-])c1)N1CCC(Cc2ccccc2)CC1. The molecule has 0 radical (unpaired) electrons. The van der Waals surface area contributed by atoms with Crippen molar-refractivity contribution in [3.63, 3.8) is 0 Å². The molecule has 2 aromatic carbocycles. The van der Waals surface area contributed by atoms with Crippen LogP contribution in [0.15, 0.2) is 48.5 Å². The molecule has 1 saturated heterocycles. The lowest BCUT2D eigenvalue weighted by Gasteiger charge is -2.32. The van der Waals surface area contributed by atoms with Gasteiger partial charge in [0.2, 0.25) is 0 Å². The Morgan fingerprint density at radius 1 is 1.16 bits per heavy atom. The van der Waals surface area contributed by atoms with Gasteiger partial charge in [-0.2, -0.15) is 0 Å². The summed E-state index contributed by atoms with van der Waals surface area (Å²) in [6.07, 6.45) is 2.90. The number of likely N-dealkylation sites (tertiary alicyclic amines) is 1. The van der Waals surface area contributed by atoms with E-state index in [9.17, 15) is 14.9 Å². The van der Waals surface area contributed by atoms with Crippen LogP contribution in [0.2, 0.25) is 5.02 Å². The second kappa shape index (κ2) is 7.66. The van der Waals surface area contributed by atoms with E-state index in [4.69, 9.17) is 11.6 Å². The molecule has 1 amide bonds. The summed E-state index contributed by atoms with van der Waals surface area (Å²) in [6, 6.07) is 14.6. The van der Waals surface area contributed by atoms with Crippen molar-refractivity contribution in [2.24, 2.45) is 5.92 Å². The van der Waals surface area contributed by atoms with E-state index in [-0.39, 0.29) is 16.6 Å². The molecule has 1 fully saturated rings. The van der Waals surface area contributed by atoms with Gasteiger partial charge in [0.15, 0.2) is 0 Å². The number of amides is 1. The quantitative estimate of drug-likeness (QED) is 0.603. The van der Waals surface area contributed by atoms with Crippen LogP contribution in [0.25, 0.3) is 0 Å². The summed E-state index contributed by atoms with van der Waals surface area (Å²) in [4.78, 5) is 24.8. The van der Waals surface area contributed by atoms with Crippen molar-refractivity contribution >= 4 is 23.2 Å². The van der Waals surface area contributed by atoms with Crippen LogP contribution in [0.3, 0.4) is 0 Å². The lowest BCUT2D eigenvalue weighted by molar-refractivity contribution is -0.384. The second-order valence-corrected chi connectivity index (χ2v) is 6.76. The summed E-state index contributed by atoms with van der Waals surface area (Å²) in [5, 5.41) is 11.0. The molecule has 1 heterocycles. The van der Waals surface area contributed by atoms with Gasteiger partial charge >= 0.3 is 0 Å². The number of rotatable bonds is 4. The van der Waals surface area contributed by atoms with Crippen molar-refractivity contribution in [2.45, 2.75) is 19.3 Å². The normalized spacial score (nSPS) is 15.2. The van der Waals surface area contributed by atoms with Crippen LogP contribution < -0.4 is 0 Å². The smallest absolute Gasteiger partial charge is 0.288 e. The third kappa shape index (κ3) is 4.17. The van der Waals surface area contributed by atoms with E-state index in [1.54, 1.807) is 11.0 Å². The molecule has 0 aliphatic carbocycles. The Labute approximate surface area is 151 Å². The fourth-order valence-corrected chi connectivity index (χ4v) is 3.44. The first kappa shape index (κ1) is 17.4. The van der Waals surface area contributed by atoms with E-state index in [2.05, 4.69) is 12.1 Å². The lowest BCUT2D eigenvalue weighted by Crippen LogP contribution is -2.38. The zero-order chi connectivity index (χ0) is 17.8. The van der Waals surface area contributed by atoms with Crippen LogP contribution >= 0.6 is 11.6 Å². The fraction of sp³-hybridized carbons (Fsp3) is 0.316. The fourth-order valence-electron chi connectivity index (χ4n) is 3.26. The Bertz CT molecular complexity index is 771. The van der Waals surface area contributed by atoms with Crippen molar-refractivity contribution in [1.82, 2.24) is 4.90 Å². The van der Waals surface area contributed by atoms with E-state index >= 15 is 0 Å². The Morgan fingerprint density at radius 2 is 1.84 bits per heavy atom. The van der Waals surface area contributed by atoms with E-state index < -0.39 is 4.92 Å². The first-order chi connectivity index (χ1) is 12.0. The first-order valence-corrected chi connectivity index (χ1v) is 8.69. The summed E-state index contributed by atoms with van der Waals surface area (Å²) in [7, 11) is 0. The number of benzene rings is 2. The Kier molecular flexibility index (Phi) is 5.34. The number of nitro benzene ring substituents is 1. The van der Waals surface area contributed by atoms with Crippen molar-refractivity contribution in [1.29, 1.82) is 0 Å². The van der Waals surface area contributed by atoms with Gasteiger partial charge in [0.1, 0.15) is 5.02 Å². The molecule has 6 heteroatoms. The molecule has 1 aliphatic rings. The van der Waals surface area contributed by atoms with Gasteiger partial charge in [-0.3, -0.25) is 14.9 Å². The molecule has 25 heavy (non-hydrogen) atoms. The van der Waals surface area contributed by atoms with Gasteiger partial charge in [-0.25, -0.2) is 0 Å². The highest BCUT2D eigenvalue weighted by molar-refractivity contribution is 6.32. The molecule has 0 spiro atoms. The highest BCUT2D eigenvalue weighted by Gasteiger charge is 2.25. The largest absolute Gasteiger partial charge is 0.339 e.